The van der Waals surface area contributed by atoms with Gasteiger partial charge >= 0.3 is 0 Å². The van der Waals surface area contributed by atoms with E-state index in [2.05, 4.69) is 43.3 Å². The Kier molecular flexibility index (Phi) is 5.65. The molecular weight excluding hydrogens is 212 g/mol. The summed E-state index contributed by atoms with van der Waals surface area (Å²) in [5.74, 6) is 0. The zero-order valence-electron chi connectivity index (χ0n) is 11.9. The van der Waals surface area contributed by atoms with Crippen LogP contribution in [0.15, 0.2) is 0 Å². The summed E-state index contributed by atoms with van der Waals surface area (Å²) in [5, 5.41) is 7.92. The van der Waals surface area contributed by atoms with E-state index in [0.717, 1.165) is 26.1 Å². The maximum atomic E-state index is 4.43. The smallest absolute Gasteiger partial charge is 0.0628 e. The van der Waals surface area contributed by atoms with Gasteiger partial charge in [0.25, 0.3) is 0 Å². The second kappa shape index (κ2) is 6.77. The molecule has 0 radical (unpaired) electrons. The summed E-state index contributed by atoms with van der Waals surface area (Å²) in [6.07, 6.45) is 2.28. The summed E-state index contributed by atoms with van der Waals surface area (Å²) in [6, 6.07) is 0. The Balaban J connectivity index is 2.22. The summed E-state index contributed by atoms with van der Waals surface area (Å²) in [6.45, 7) is 7.52. The quantitative estimate of drug-likeness (QED) is 0.723. The lowest BCUT2D eigenvalue weighted by Gasteiger charge is -2.09. The normalized spacial score (nSPS) is 11.4. The van der Waals surface area contributed by atoms with E-state index in [9.17, 15) is 0 Å². The first-order valence-corrected chi connectivity index (χ1v) is 6.37. The standard InChI is InChI=1S/C13H26N4/c1-11-13(12(2)17(5)15-11)7-9-14-8-6-10-16(3)4/h14H,6-10H2,1-5H3. The van der Waals surface area contributed by atoms with Gasteiger partial charge < -0.3 is 10.2 Å². The molecule has 17 heavy (non-hydrogen) atoms. The molecule has 0 bridgehead atoms. The lowest BCUT2D eigenvalue weighted by molar-refractivity contribution is 0.395. The highest BCUT2D eigenvalue weighted by molar-refractivity contribution is 5.24. The zero-order chi connectivity index (χ0) is 12.8. The van der Waals surface area contributed by atoms with E-state index in [1.54, 1.807) is 0 Å². The van der Waals surface area contributed by atoms with Crippen LogP contribution in [0.5, 0.6) is 0 Å². The van der Waals surface area contributed by atoms with Crippen LogP contribution < -0.4 is 5.32 Å². The van der Waals surface area contributed by atoms with E-state index in [1.807, 2.05) is 11.7 Å². The minimum absolute atomic E-state index is 1.04. The van der Waals surface area contributed by atoms with Gasteiger partial charge in [0.15, 0.2) is 0 Å². The molecule has 4 nitrogen and oxygen atoms in total. The average molecular weight is 238 g/mol. The monoisotopic (exact) mass is 238 g/mol. The minimum atomic E-state index is 1.04. The van der Waals surface area contributed by atoms with Crippen LogP contribution in [0.2, 0.25) is 0 Å². The third-order valence-electron chi connectivity index (χ3n) is 3.17. The fourth-order valence-corrected chi connectivity index (χ4v) is 2.04. The van der Waals surface area contributed by atoms with Crippen LogP contribution in [0.25, 0.3) is 0 Å². The highest BCUT2D eigenvalue weighted by Gasteiger charge is 2.07. The van der Waals surface area contributed by atoms with E-state index in [4.69, 9.17) is 0 Å². The molecular formula is C13H26N4. The predicted octanol–water partition coefficient (Wildman–Crippen LogP) is 1.12. The van der Waals surface area contributed by atoms with Gasteiger partial charge in [-0.25, -0.2) is 0 Å². The summed E-state index contributed by atoms with van der Waals surface area (Å²) in [7, 11) is 6.24. The van der Waals surface area contributed by atoms with Crippen molar-refractivity contribution in [2.24, 2.45) is 7.05 Å². The molecule has 0 spiro atoms. The summed E-state index contributed by atoms with van der Waals surface area (Å²) >= 11 is 0. The summed E-state index contributed by atoms with van der Waals surface area (Å²) in [4.78, 5) is 2.22. The number of aromatic nitrogens is 2. The Bertz CT molecular complexity index is 341. The lowest BCUT2D eigenvalue weighted by atomic mass is 10.1. The van der Waals surface area contributed by atoms with Crippen LogP contribution in [-0.2, 0) is 13.5 Å². The molecule has 0 unspecified atom stereocenters. The third-order valence-corrected chi connectivity index (χ3v) is 3.17. The van der Waals surface area contributed by atoms with Gasteiger partial charge in [-0.05, 0) is 66.0 Å². The Morgan fingerprint density at radius 1 is 1.24 bits per heavy atom. The molecule has 0 saturated carbocycles. The molecule has 1 rings (SSSR count). The molecule has 4 heteroatoms. The highest BCUT2D eigenvalue weighted by atomic mass is 15.3. The van der Waals surface area contributed by atoms with Gasteiger partial charge in [-0.2, -0.15) is 5.10 Å². The fraction of sp³-hybridized carbons (Fsp3) is 0.769. The number of rotatable bonds is 7. The number of hydrogen-bond donors (Lipinski definition) is 1. The van der Waals surface area contributed by atoms with Crippen molar-refractivity contribution in [3.05, 3.63) is 17.0 Å². The average Bonchev–Trinajstić information content (AvgIpc) is 2.48. The Morgan fingerprint density at radius 2 is 1.94 bits per heavy atom. The van der Waals surface area contributed by atoms with Gasteiger partial charge in [-0.15, -0.1) is 0 Å². The van der Waals surface area contributed by atoms with Crippen LogP contribution in [-0.4, -0.2) is 48.4 Å². The lowest BCUT2D eigenvalue weighted by Crippen LogP contribution is -2.23. The Morgan fingerprint density at radius 3 is 2.47 bits per heavy atom. The molecule has 0 atom stereocenters. The molecule has 0 aromatic carbocycles. The molecule has 0 aliphatic carbocycles. The zero-order valence-corrected chi connectivity index (χ0v) is 11.9. The molecule has 1 heterocycles. The molecule has 0 aliphatic heterocycles. The first-order chi connectivity index (χ1) is 8.02. The van der Waals surface area contributed by atoms with Crippen molar-refractivity contribution in [3.63, 3.8) is 0 Å². The van der Waals surface area contributed by atoms with Crippen molar-refractivity contribution < 1.29 is 0 Å². The molecule has 0 fully saturated rings. The van der Waals surface area contributed by atoms with Crippen LogP contribution in [0.4, 0.5) is 0 Å². The van der Waals surface area contributed by atoms with Crippen molar-refractivity contribution >= 4 is 0 Å². The summed E-state index contributed by atoms with van der Waals surface area (Å²) in [5.41, 5.74) is 3.85. The first-order valence-electron chi connectivity index (χ1n) is 6.37. The van der Waals surface area contributed by atoms with Crippen LogP contribution >= 0.6 is 0 Å². The number of hydrogen-bond acceptors (Lipinski definition) is 3. The predicted molar refractivity (Wildman–Crippen MR) is 72.4 cm³/mol. The van der Waals surface area contributed by atoms with Gasteiger partial charge in [0.1, 0.15) is 0 Å². The fourth-order valence-electron chi connectivity index (χ4n) is 2.04. The molecule has 0 amide bonds. The molecule has 98 valence electrons. The minimum Gasteiger partial charge on any atom is -0.316 e. The largest absolute Gasteiger partial charge is 0.316 e. The van der Waals surface area contributed by atoms with Gasteiger partial charge in [-0.1, -0.05) is 0 Å². The van der Waals surface area contributed by atoms with Crippen molar-refractivity contribution in [3.8, 4) is 0 Å². The van der Waals surface area contributed by atoms with E-state index >= 15 is 0 Å². The first kappa shape index (κ1) is 14.2. The van der Waals surface area contributed by atoms with Gasteiger partial charge in [0.05, 0.1) is 5.69 Å². The number of aryl methyl sites for hydroxylation is 2. The SMILES string of the molecule is Cc1nn(C)c(C)c1CCNCCCN(C)C. The topological polar surface area (TPSA) is 33.1 Å². The van der Waals surface area contributed by atoms with Gasteiger partial charge in [-0.3, -0.25) is 4.68 Å². The van der Waals surface area contributed by atoms with Crippen LogP contribution in [0.1, 0.15) is 23.4 Å². The highest BCUT2D eigenvalue weighted by Crippen LogP contribution is 2.11. The molecule has 1 N–H and O–H groups in total. The Hall–Kier alpha value is -0.870. The molecule has 1 aromatic heterocycles. The van der Waals surface area contributed by atoms with Crippen molar-refractivity contribution in [1.29, 1.82) is 0 Å². The molecule has 0 saturated heterocycles. The van der Waals surface area contributed by atoms with Gasteiger partial charge in [0, 0.05) is 12.7 Å². The van der Waals surface area contributed by atoms with E-state index < -0.39 is 0 Å². The number of nitrogens with zero attached hydrogens (tertiary/aromatic N) is 3. The third kappa shape index (κ3) is 4.48. The van der Waals surface area contributed by atoms with E-state index in [-0.39, 0.29) is 0 Å². The Labute approximate surface area is 105 Å². The number of nitrogens with one attached hydrogen (secondary N) is 1. The van der Waals surface area contributed by atoms with E-state index in [1.165, 1.54) is 23.4 Å². The van der Waals surface area contributed by atoms with E-state index in [0.29, 0.717) is 0 Å². The second-order valence-corrected chi connectivity index (χ2v) is 4.93. The summed E-state index contributed by atoms with van der Waals surface area (Å²) < 4.78 is 1.97. The van der Waals surface area contributed by atoms with Crippen LogP contribution in [0, 0.1) is 13.8 Å². The van der Waals surface area contributed by atoms with Crippen molar-refractivity contribution in [2.45, 2.75) is 26.7 Å². The maximum Gasteiger partial charge on any atom is 0.0628 e. The second-order valence-electron chi connectivity index (χ2n) is 4.93. The van der Waals surface area contributed by atoms with Crippen LogP contribution in [0.3, 0.4) is 0 Å². The maximum absolute atomic E-state index is 4.43. The van der Waals surface area contributed by atoms with Crippen molar-refractivity contribution in [2.75, 3.05) is 33.7 Å². The molecule has 1 aromatic rings. The molecule has 0 aliphatic rings. The van der Waals surface area contributed by atoms with Crippen molar-refractivity contribution in [1.82, 2.24) is 20.0 Å². The van der Waals surface area contributed by atoms with Gasteiger partial charge in [0.2, 0.25) is 0 Å².